The van der Waals surface area contributed by atoms with Gasteiger partial charge in [0.15, 0.2) is 0 Å². The maximum atomic E-state index is 12.5. The number of nitrogens with zero attached hydrogens (tertiary/aromatic N) is 1. The van der Waals surface area contributed by atoms with Crippen LogP contribution in [0.4, 0.5) is 5.69 Å². The summed E-state index contributed by atoms with van der Waals surface area (Å²) in [6.45, 7) is 4.22. The Morgan fingerprint density at radius 1 is 1.04 bits per heavy atom. The summed E-state index contributed by atoms with van der Waals surface area (Å²) in [6.07, 6.45) is 0.461. The van der Waals surface area contributed by atoms with E-state index < -0.39 is 5.97 Å². The van der Waals surface area contributed by atoms with Crippen molar-refractivity contribution < 1.29 is 19.5 Å². The normalized spacial score (nSPS) is 10.6. The number of hydrogen-bond acceptors (Lipinski definition) is 3. The second-order valence-corrected chi connectivity index (χ2v) is 7.09. The van der Waals surface area contributed by atoms with E-state index in [-0.39, 0.29) is 24.2 Å². The van der Waals surface area contributed by atoms with Crippen molar-refractivity contribution in [3.05, 3.63) is 65.2 Å². The van der Waals surface area contributed by atoms with Crippen LogP contribution in [-0.2, 0) is 22.6 Å². The molecular weight excluding hydrogens is 356 g/mol. The van der Waals surface area contributed by atoms with Gasteiger partial charge in [-0.25, -0.2) is 0 Å². The van der Waals surface area contributed by atoms with E-state index in [9.17, 15) is 14.4 Å². The molecule has 0 saturated carbocycles. The number of amides is 2. The molecule has 6 nitrogen and oxygen atoms in total. The van der Waals surface area contributed by atoms with E-state index in [0.717, 1.165) is 11.1 Å². The number of carboxylic acids is 1. The third kappa shape index (κ3) is 6.23. The van der Waals surface area contributed by atoms with E-state index in [0.29, 0.717) is 24.2 Å². The molecule has 0 spiro atoms. The molecule has 0 fully saturated rings. The van der Waals surface area contributed by atoms with Gasteiger partial charge < -0.3 is 15.3 Å². The van der Waals surface area contributed by atoms with Crippen LogP contribution >= 0.6 is 0 Å². The molecule has 0 radical (unpaired) electrons. The molecule has 0 aliphatic rings. The lowest BCUT2D eigenvalue weighted by atomic mass is 10.1. The third-order valence-electron chi connectivity index (χ3n) is 4.32. The first-order valence-electron chi connectivity index (χ1n) is 9.22. The molecule has 28 heavy (non-hydrogen) atoms. The first kappa shape index (κ1) is 21.2. The predicted molar refractivity (Wildman–Crippen MR) is 108 cm³/mol. The molecule has 2 amide bonds. The number of nitrogens with one attached hydrogen (secondary N) is 1. The number of carbonyl (C=O) groups is 3. The maximum Gasteiger partial charge on any atom is 0.303 e. The van der Waals surface area contributed by atoms with Gasteiger partial charge in [0, 0.05) is 37.2 Å². The first-order valence-corrected chi connectivity index (χ1v) is 9.22. The van der Waals surface area contributed by atoms with Crippen molar-refractivity contribution in [2.45, 2.75) is 33.2 Å². The van der Waals surface area contributed by atoms with E-state index in [4.69, 9.17) is 5.11 Å². The lowest BCUT2D eigenvalue weighted by molar-refractivity contribution is -0.137. The molecule has 2 aromatic rings. The zero-order chi connectivity index (χ0) is 20.7. The highest BCUT2D eigenvalue weighted by Gasteiger charge is 2.13. The fourth-order valence-electron chi connectivity index (χ4n) is 2.81. The Morgan fingerprint density at radius 3 is 2.32 bits per heavy atom. The second-order valence-electron chi connectivity index (χ2n) is 7.09. The second kappa shape index (κ2) is 9.69. The summed E-state index contributed by atoms with van der Waals surface area (Å²) in [7, 11) is 1.76. The van der Waals surface area contributed by atoms with Gasteiger partial charge in [-0.2, -0.15) is 0 Å². The molecular formula is C22H26N2O4. The fraction of sp³-hybridized carbons (Fsp3) is 0.318. The number of hydrogen-bond donors (Lipinski definition) is 2. The number of carbonyl (C=O) groups excluding carboxylic acids is 2. The molecule has 2 aromatic carbocycles. The lowest BCUT2D eigenvalue weighted by Gasteiger charge is -2.19. The lowest BCUT2D eigenvalue weighted by Crippen LogP contribution is -2.29. The molecule has 0 bridgehead atoms. The van der Waals surface area contributed by atoms with Gasteiger partial charge in [-0.05, 0) is 41.8 Å². The van der Waals surface area contributed by atoms with E-state index in [2.05, 4.69) is 5.32 Å². The Morgan fingerprint density at radius 2 is 1.71 bits per heavy atom. The molecule has 2 N–H and O–H groups in total. The monoisotopic (exact) mass is 382 g/mol. The molecule has 0 unspecified atom stereocenters. The van der Waals surface area contributed by atoms with Crippen molar-refractivity contribution >= 4 is 23.5 Å². The van der Waals surface area contributed by atoms with Crippen LogP contribution in [0.5, 0.6) is 0 Å². The molecule has 148 valence electrons. The van der Waals surface area contributed by atoms with Crippen LogP contribution < -0.4 is 5.32 Å². The van der Waals surface area contributed by atoms with Crippen molar-refractivity contribution in [1.82, 2.24) is 4.90 Å². The molecule has 0 saturated heterocycles. The Hall–Kier alpha value is -3.15. The molecule has 0 aliphatic carbocycles. The maximum absolute atomic E-state index is 12.5. The van der Waals surface area contributed by atoms with Crippen LogP contribution in [0.3, 0.4) is 0 Å². The number of carboxylic acid groups (broad SMARTS) is 1. The Bertz CT molecular complexity index is 844. The van der Waals surface area contributed by atoms with Gasteiger partial charge >= 0.3 is 5.97 Å². The SMILES string of the molecule is CC(C)C(=O)N(C)Cc1ccc(C(=O)Nc2cccc(CCC(=O)O)c2)cc1. The quantitative estimate of drug-likeness (QED) is 0.731. The van der Waals surface area contributed by atoms with Gasteiger partial charge in [0.2, 0.25) is 5.91 Å². The van der Waals surface area contributed by atoms with E-state index in [1.807, 2.05) is 32.0 Å². The summed E-state index contributed by atoms with van der Waals surface area (Å²) in [5.41, 5.74) is 2.94. The minimum Gasteiger partial charge on any atom is -0.481 e. The van der Waals surface area contributed by atoms with Crippen molar-refractivity contribution in [2.75, 3.05) is 12.4 Å². The summed E-state index contributed by atoms with van der Waals surface area (Å²) in [5.74, 6) is -1.07. The van der Waals surface area contributed by atoms with E-state index in [1.165, 1.54) is 0 Å². The topological polar surface area (TPSA) is 86.7 Å². The van der Waals surface area contributed by atoms with Crippen molar-refractivity contribution in [3.63, 3.8) is 0 Å². The van der Waals surface area contributed by atoms with Gasteiger partial charge in [-0.1, -0.05) is 38.1 Å². The van der Waals surface area contributed by atoms with Crippen LogP contribution in [0.15, 0.2) is 48.5 Å². The number of rotatable bonds is 8. The van der Waals surface area contributed by atoms with Crippen molar-refractivity contribution in [1.29, 1.82) is 0 Å². The first-order chi connectivity index (χ1) is 13.3. The number of aliphatic carboxylic acids is 1. The summed E-state index contributed by atoms with van der Waals surface area (Å²) in [6, 6.07) is 14.3. The molecule has 0 aliphatic heterocycles. The molecule has 0 aromatic heterocycles. The third-order valence-corrected chi connectivity index (χ3v) is 4.32. The highest BCUT2D eigenvalue weighted by molar-refractivity contribution is 6.04. The van der Waals surface area contributed by atoms with Gasteiger partial charge in [-0.3, -0.25) is 14.4 Å². The highest BCUT2D eigenvalue weighted by atomic mass is 16.4. The smallest absolute Gasteiger partial charge is 0.303 e. The Labute approximate surface area is 165 Å². The molecule has 0 atom stereocenters. The summed E-state index contributed by atoms with van der Waals surface area (Å²) in [4.78, 5) is 36.8. The summed E-state index contributed by atoms with van der Waals surface area (Å²) in [5, 5.41) is 11.6. The Kier molecular flexibility index (Phi) is 7.32. The van der Waals surface area contributed by atoms with Gasteiger partial charge in [0.05, 0.1) is 0 Å². The zero-order valence-corrected chi connectivity index (χ0v) is 16.4. The number of aryl methyl sites for hydroxylation is 1. The summed E-state index contributed by atoms with van der Waals surface area (Å²) >= 11 is 0. The van der Waals surface area contributed by atoms with E-state index in [1.54, 1.807) is 42.3 Å². The van der Waals surface area contributed by atoms with Crippen LogP contribution in [0, 0.1) is 5.92 Å². The molecule has 0 heterocycles. The summed E-state index contributed by atoms with van der Waals surface area (Å²) < 4.78 is 0. The minimum atomic E-state index is -0.852. The van der Waals surface area contributed by atoms with E-state index >= 15 is 0 Å². The minimum absolute atomic E-state index is 0.0482. The Balaban J connectivity index is 1.98. The molecule has 6 heteroatoms. The largest absolute Gasteiger partial charge is 0.481 e. The molecule has 2 rings (SSSR count). The average molecular weight is 382 g/mol. The van der Waals surface area contributed by atoms with Crippen molar-refractivity contribution in [2.24, 2.45) is 5.92 Å². The van der Waals surface area contributed by atoms with Crippen LogP contribution in [0.25, 0.3) is 0 Å². The van der Waals surface area contributed by atoms with Gasteiger partial charge in [0.1, 0.15) is 0 Å². The number of anilines is 1. The average Bonchev–Trinajstić information content (AvgIpc) is 2.66. The van der Waals surface area contributed by atoms with Crippen LogP contribution in [-0.4, -0.2) is 34.8 Å². The fourth-order valence-corrected chi connectivity index (χ4v) is 2.81. The highest BCUT2D eigenvalue weighted by Crippen LogP contribution is 2.15. The number of benzene rings is 2. The van der Waals surface area contributed by atoms with Crippen molar-refractivity contribution in [3.8, 4) is 0 Å². The van der Waals surface area contributed by atoms with Crippen LogP contribution in [0.1, 0.15) is 41.8 Å². The zero-order valence-electron chi connectivity index (χ0n) is 16.4. The van der Waals surface area contributed by atoms with Gasteiger partial charge in [-0.15, -0.1) is 0 Å². The standard InChI is InChI=1S/C22H26N2O4/c1-15(2)22(28)24(3)14-17-7-10-18(11-8-17)21(27)23-19-6-4-5-16(13-19)9-12-20(25)26/h4-8,10-11,13,15H,9,12,14H2,1-3H3,(H,23,27)(H,25,26). The predicted octanol–water partition coefficient (Wildman–Crippen LogP) is 3.57. The van der Waals surface area contributed by atoms with Crippen LogP contribution in [0.2, 0.25) is 0 Å². The van der Waals surface area contributed by atoms with Gasteiger partial charge in [0.25, 0.3) is 5.91 Å².